The van der Waals surface area contributed by atoms with Crippen molar-refractivity contribution in [3.05, 3.63) is 70.0 Å². The van der Waals surface area contributed by atoms with E-state index in [1.807, 2.05) is 69.3 Å². The first kappa shape index (κ1) is 35.6. The summed E-state index contributed by atoms with van der Waals surface area (Å²) in [7, 11) is 1.53. The Bertz CT molecular complexity index is 1890. The average molecular weight is 723 g/mol. The largest absolute Gasteiger partial charge is 0.481 e. The molecule has 2 aliphatic heterocycles. The lowest BCUT2D eigenvalue weighted by Crippen LogP contribution is -2.43. The van der Waals surface area contributed by atoms with Crippen LogP contribution >= 0.6 is 23.2 Å². The number of benzene rings is 2. The Labute approximate surface area is 301 Å². The maximum atomic E-state index is 13.3. The van der Waals surface area contributed by atoms with Crippen molar-refractivity contribution in [3.8, 4) is 39.7 Å². The van der Waals surface area contributed by atoms with Crippen LogP contribution < -0.4 is 10.1 Å². The van der Waals surface area contributed by atoms with Gasteiger partial charge in [-0.1, -0.05) is 53.5 Å². The molecular weight excluding hydrogens is 681 g/mol. The Hall–Kier alpha value is -4.23. The molecule has 2 N–H and O–H groups in total. The minimum Gasteiger partial charge on any atom is -0.481 e. The molecule has 4 aromatic rings. The van der Waals surface area contributed by atoms with Crippen LogP contribution in [-0.2, 0) is 29.2 Å². The van der Waals surface area contributed by atoms with Crippen molar-refractivity contribution >= 4 is 35.2 Å². The van der Waals surface area contributed by atoms with E-state index >= 15 is 0 Å². The topological polar surface area (TPSA) is 135 Å². The molecule has 264 valence electrons. The minimum atomic E-state index is -0.692. The standard InChI is InChI=1S/C36H41Cl2N7O5/c1-36(2,3)50-35(48)44(20-23-12-14-30(47)39-23)19-22-11-13-28(40-34(22)49-4)26-9-5-7-24(31(26)37)25-8-6-10-27(32(25)38)33-42-41-29-21-43(17-18-46)15-16-45(29)33/h5-11,13,23,46H,12,14-21H2,1-4H3,(H,39,47)/t23-/m0/s1. The highest BCUT2D eigenvalue weighted by Gasteiger charge is 2.30. The Morgan fingerprint density at radius 1 is 1.02 bits per heavy atom. The number of nitrogens with one attached hydrogen (secondary N) is 1. The van der Waals surface area contributed by atoms with Crippen LogP contribution in [0.2, 0.25) is 10.0 Å². The Balaban J connectivity index is 1.28. The lowest BCUT2D eigenvalue weighted by atomic mass is 9.98. The molecular formula is C36H41Cl2N7O5. The van der Waals surface area contributed by atoms with E-state index in [0.29, 0.717) is 77.6 Å². The summed E-state index contributed by atoms with van der Waals surface area (Å²) in [4.78, 5) is 33.6. The quantitative estimate of drug-likeness (QED) is 0.208. The summed E-state index contributed by atoms with van der Waals surface area (Å²) in [6.45, 7) is 8.64. The highest BCUT2D eigenvalue weighted by Crippen LogP contribution is 2.42. The van der Waals surface area contributed by atoms with Crippen LogP contribution in [0.4, 0.5) is 4.79 Å². The summed E-state index contributed by atoms with van der Waals surface area (Å²) in [5.74, 6) is 1.81. The van der Waals surface area contributed by atoms with Gasteiger partial charge in [0.2, 0.25) is 11.8 Å². The third-order valence-corrected chi connectivity index (χ3v) is 9.54. The van der Waals surface area contributed by atoms with E-state index in [2.05, 4.69) is 25.0 Å². The monoisotopic (exact) mass is 721 g/mol. The number of nitrogens with zero attached hydrogens (tertiary/aromatic N) is 6. The van der Waals surface area contributed by atoms with Gasteiger partial charge in [-0.15, -0.1) is 10.2 Å². The molecule has 1 saturated heterocycles. The number of aromatic nitrogens is 4. The van der Waals surface area contributed by atoms with Gasteiger partial charge in [0, 0.05) is 66.5 Å². The lowest BCUT2D eigenvalue weighted by molar-refractivity contribution is -0.119. The molecule has 2 aliphatic rings. The molecule has 2 amide bonds. The first-order valence-corrected chi connectivity index (χ1v) is 17.4. The summed E-state index contributed by atoms with van der Waals surface area (Å²) in [6.07, 6.45) is 0.574. The van der Waals surface area contributed by atoms with E-state index in [-0.39, 0.29) is 25.1 Å². The van der Waals surface area contributed by atoms with Gasteiger partial charge in [0.05, 0.1) is 42.5 Å². The number of carbonyl (C=O) groups excluding carboxylic acids is 2. The average Bonchev–Trinajstić information content (AvgIpc) is 3.69. The van der Waals surface area contributed by atoms with Crippen LogP contribution in [0, 0.1) is 0 Å². The number of aliphatic hydroxyl groups excluding tert-OH is 1. The predicted molar refractivity (Wildman–Crippen MR) is 191 cm³/mol. The molecule has 0 radical (unpaired) electrons. The number of methoxy groups -OCH3 is 1. The number of pyridine rings is 1. The molecule has 1 fully saturated rings. The summed E-state index contributed by atoms with van der Waals surface area (Å²) >= 11 is 14.2. The molecule has 0 spiro atoms. The molecule has 2 aromatic heterocycles. The zero-order valence-corrected chi connectivity index (χ0v) is 30.1. The summed E-state index contributed by atoms with van der Waals surface area (Å²) < 4.78 is 13.5. The third-order valence-electron chi connectivity index (χ3n) is 8.72. The normalized spacial score (nSPS) is 16.2. The van der Waals surface area contributed by atoms with Crippen molar-refractivity contribution in [1.82, 2.24) is 34.9 Å². The van der Waals surface area contributed by atoms with Crippen molar-refractivity contribution in [1.29, 1.82) is 0 Å². The van der Waals surface area contributed by atoms with Crippen LogP contribution in [0.5, 0.6) is 5.88 Å². The van der Waals surface area contributed by atoms with Crippen molar-refractivity contribution in [2.45, 2.75) is 64.9 Å². The van der Waals surface area contributed by atoms with Crippen LogP contribution in [0.3, 0.4) is 0 Å². The SMILES string of the molecule is COc1nc(-c2cccc(-c3cccc(-c4nnc5n4CCN(CCO)C5)c3Cl)c2Cl)ccc1CN(C[C@@H]1CCC(=O)N1)C(=O)OC(C)(C)C. The van der Waals surface area contributed by atoms with Gasteiger partial charge in [0.1, 0.15) is 11.4 Å². The number of halogens is 2. The molecule has 0 unspecified atom stereocenters. The molecule has 12 nitrogen and oxygen atoms in total. The second-order valence-electron chi connectivity index (χ2n) is 13.5. The summed E-state index contributed by atoms with van der Waals surface area (Å²) in [5.41, 5.74) is 3.45. The van der Waals surface area contributed by atoms with Crippen LogP contribution in [0.15, 0.2) is 48.5 Å². The number of hydrogen-bond acceptors (Lipinski definition) is 9. The number of rotatable bonds is 10. The number of hydrogen-bond donors (Lipinski definition) is 2. The van der Waals surface area contributed by atoms with Crippen molar-refractivity contribution in [2.24, 2.45) is 0 Å². The summed E-state index contributed by atoms with van der Waals surface area (Å²) in [5, 5.41) is 22.2. The van der Waals surface area contributed by atoms with Gasteiger partial charge in [-0.2, -0.15) is 0 Å². The molecule has 6 rings (SSSR count). The number of carbonyl (C=O) groups is 2. The fraction of sp³-hybridized carbons (Fsp3) is 0.417. The first-order chi connectivity index (χ1) is 24.0. The van der Waals surface area contributed by atoms with Crippen molar-refractivity contribution < 1.29 is 24.2 Å². The zero-order valence-electron chi connectivity index (χ0n) is 28.6. The molecule has 4 heterocycles. The number of aliphatic hydroxyl groups is 1. The molecule has 1 atom stereocenters. The van der Waals surface area contributed by atoms with Gasteiger partial charge in [-0.25, -0.2) is 9.78 Å². The first-order valence-electron chi connectivity index (χ1n) is 16.6. The van der Waals surface area contributed by atoms with E-state index in [4.69, 9.17) is 37.7 Å². The number of fused-ring (bicyclic) bond motifs is 1. The van der Waals surface area contributed by atoms with Gasteiger partial charge >= 0.3 is 6.09 Å². The van der Waals surface area contributed by atoms with Crippen LogP contribution in [0.1, 0.15) is 45.0 Å². The van der Waals surface area contributed by atoms with Gasteiger partial charge in [0.15, 0.2) is 5.82 Å². The number of ether oxygens (including phenoxy) is 2. The van der Waals surface area contributed by atoms with E-state index in [0.717, 1.165) is 29.1 Å². The molecule has 2 aromatic carbocycles. The van der Waals surface area contributed by atoms with E-state index in [1.165, 1.54) is 7.11 Å². The van der Waals surface area contributed by atoms with Crippen molar-refractivity contribution in [2.75, 3.05) is 33.4 Å². The van der Waals surface area contributed by atoms with E-state index in [9.17, 15) is 14.7 Å². The number of β-amino-alcohol motifs (C(OH)–C–C–N with tert-alkyl or cyclic N) is 1. The van der Waals surface area contributed by atoms with E-state index in [1.54, 1.807) is 4.90 Å². The fourth-order valence-electron chi connectivity index (χ4n) is 6.32. The lowest BCUT2D eigenvalue weighted by Gasteiger charge is -2.29. The van der Waals surface area contributed by atoms with Gasteiger partial charge in [-0.05, 0) is 45.4 Å². The highest BCUT2D eigenvalue weighted by molar-refractivity contribution is 6.39. The van der Waals surface area contributed by atoms with Crippen molar-refractivity contribution in [3.63, 3.8) is 0 Å². The predicted octanol–water partition coefficient (Wildman–Crippen LogP) is 5.81. The molecule has 0 bridgehead atoms. The Morgan fingerprint density at radius 3 is 2.38 bits per heavy atom. The van der Waals surface area contributed by atoms with Gasteiger partial charge in [0.25, 0.3) is 0 Å². The molecule has 14 heteroatoms. The molecule has 0 saturated carbocycles. The zero-order chi connectivity index (χ0) is 35.6. The van der Waals surface area contributed by atoms with Crippen LogP contribution in [0.25, 0.3) is 33.8 Å². The minimum absolute atomic E-state index is 0.0290. The summed E-state index contributed by atoms with van der Waals surface area (Å²) in [6, 6.07) is 15.0. The maximum Gasteiger partial charge on any atom is 0.410 e. The second kappa shape index (κ2) is 14.9. The fourth-order valence-corrected chi connectivity index (χ4v) is 6.96. The molecule has 50 heavy (non-hydrogen) atoms. The number of amides is 2. The Kier molecular flexibility index (Phi) is 10.6. The third kappa shape index (κ3) is 7.73. The van der Waals surface area contributed by atoms with E-state index < -0.39 is 11.7 Å². The maximum absolute atomic E-state index is 13.3. The van der Waals surface area contributed by atoms with Gasteiger partial charge < -0.3 is 29.4 Å². The molecule has 0 aliphatic carbocycles. The second-order valence-corrected chi connectivity index (χ2v) is 14.2. The highest BCUT2D eigenvalue weighted by atomic mass is 35.5. The van der Waals surface area contributed by atoms with Crippen LogP contribution in [-0.4, -0.2) is 91.6 Å². The van der Waals surface area contributed by atoms with Gasteiger partial charge in [-0.3, -0.25) is 9.69 Å². The smallest absolute Gasteiger partial charge is 0.410 e. The Morgan fingerprint density at radius 2 is 1.72 bits per heavy atom.